The minimum absolute atomic E-state index is 0.0302. The van der Waals surface area contributed by atoms with Gasteiger partial charge in [-0.1, -0.05) is 17.7 Å². The zero-order valence-corrected chi connectivity index (χ0v) is 16.1. The summed E-state index contributed by atoms with van der Waals surface area (Å²) in [5.74, 6) is 0.823. The molecule has 1 amide bonds. The van der Waals surface area contributed by atoms with Gasteiger partial charge in [0.2, 0.25) is 5.91 Å². The van der Waals surface area contributed by atoms with Gasteiger partial charge in [0, 0.05) is 61.4 Å². The third-order valence-electron chi connectivity index (χ3n) is 4.78. The molecule has 1 heterocycles. The van der Waals surface area contributed by atoms with Crippen LogP contribution in [0.4, 0.5) is 5.69 Å². The predicted octanol–water partition coefficient (Wildman–Crippen LogP) is 3.66. The molecule has 0 aromatic heterocycles. The Morgan fingerprint density at radius 2 is 1.70 bits per heavy atom. The first-order chi connectivity index (χ1) is 13.1. The van der Waals surface area contributed by atoms with Crippen molar-refractivity contribution in [3.05, 3.63) is 59.1 Å². The lowest BCUT2D eigenvalue weighted by molar-refractivity contribution is -0.131. The zero-order chi connectivity index (χ0) is 19.2. The normalized spacial score (nSPS) is 14.1. The minimum atomic E-state index is -0.0324. The van der Waals surface area contributed by atoms with Gasteiger partial charge in [-0.05, 0) is 36.4 Å². The summed E-state index contributed by atoms with van der Waals surface area (Å²) in [5.41, 5.74) is 1.69. The molecular formula is C21H23ClN2O3. The number of halogens is 1. The van der Waals surface area contributed by atoms with Gasteiger partial charge in [-0.25, -0.2) is 0 Å². The average Bonchev–Trinajstić information content (AvgIpc) is 2.72. The second-order valence-electron chi connectivity index (χ2n) is 6.50. The van der Waals surface area contributed by atoms with E-state index in [1.165, 1.54) is 0 Å². The Morgan fingerprint density at radius 3 is 2.37 bits per heavy atom. The van der Waals surface area contributed by atoms with E-state index < -0.39 is 0 Å². The fourth-order valence-electron chi connectivity index (χ4n) is 3.18. The Kier molecular flexibility index (Phi) is 6.35. The molecule has 1 saturated heterocycles. The van der Waals surface area contributed by atoms with Crippen molar-refractivity contribution in [1.29, 1.82) is 0 Å². The highest BCUT2D eigenvalue weighted by atomic mass is 35.5. The van der Waals surface area contributed by atoms with Gasteiger partial charge in [-0.3, -0.25) is 9.59 Å². The maximum Gasteiger partial charge on any atom is 0.223 e. The van der Waals surface area contributed by atoms with E-state index in [4.69, 9.17) is 16.3 Å². The molecule has 0 bridgehead atoms. The van der Waals surface area contributed by atoms with Gasteiger partial charge in [0.05, 0.1) is 7.11 Å². The molecule has 0 atom stereocenters. The van der Waals surface area contributed by atoms with Gasteiger partial charge in [0.1, 0.15) is 5.75 Å². The number of nitrogens with zero attached hydrogens (tertiary/aromatic N) is 2. The van der Waals surface area contributed by atoms with E-state index in [0.717, 1.165) is 24.5 Å². The molecule has 0 spiro atoms. The second-order valence-corrected chi connectivity index (χ2v) is 6.94. The Bertz CT molecular complexity index is 799. The van der Waals surface area contributed by atoms with E-state index in [2.05, 4.69) is 4.90 Å². The molecule has 142 valence electrons. The third kappa shape index (κ3) is 5.01. The van der Waals surface area contributed by atoms with E-state index in [1.54, 1.807) is 31.4 Å². The summed E-state index contributed by atoms with van der Waals surface area (Å²) < 4.78 is 5.27. The maximum atomic E-state index is 12.4. The molecule has 2 aromatic rings. The Labute approximate surface area is 164 Å². The maximum absolute atomic E-state index is 12.4. The molecule has 6 heteroatoms. The number of Topliss-reactive ketones (excluding diaryl/α,β-unsaturated/α-hetero) is 1. The van der Waals surface area contributed by atoms with Crippen molar-refractivity contribution in [3.8, 4) is 5.75 Å². The lowest BCUT2D eigenvalue weighted by Crippen LogP contribution is -2.48. The number of anilines is 1. The molecule has 0 aliphatic carbocycles. The van der Waals surface area contributed by atoms with Crippen LogP contribution in [0.15, 0.2) is 48.5 Å². The molecule has 0 radical (unpaired) electrons. The van der Waals surface area contributed by atoms with Crippen LogP contribution in [0.3, 0.4) is 0 Å². The second kappa shape index (κ2) is 8.91. The van der Waals surface area contributed by atoms with Crippen molar-refractivity contribution in [3.63, 3.8) is 0 Å². The summed E-state index contributed by atoms with van der Waals surface area (Å²) in [5, 5.41) is 0.594. The molecule has 1 aliphatic heterocycles. The van der Waals surface area contributed by atoms with E-state index in [-0.39, 0.29) is 24.5 Å². The fraction of sp³-hybridized carbons (Fsp3) is 0.333. The van der Waals surface area contributed by atoms with Crippen LogP contribution >= 0.6 is 11.6 Å². The molecule has 27 heavy (non-hydrogen) atoms. The van der Waals surface area contributed by atoms with Crippen molar-refractivity contribution >= 4 is 29.0 Å². The summed E-state index contributed by atoms with van der Waals surface area (Å²) in [6.07, 6.45) is 0.456. The molecule has 2 aromatic carbocycles. The van der Waals surface area contributed by atoms with Crippen molar-refractivity contribution in [2.24, 2.45) is 0 Å². The first-order valence-electron chi connectivity index (χ1n) is 9.02. The van der Waals surface area contributed by atoms with Crippen LogP contribution in [0, 0.1) is 0 Å². The van der Waals surface area contributed by atoms with Crippen LogP contribution < -0.4 is 9.64 Å². The molecule has 0 saturated carbocycles. The number of piperazine rings is 1. The minimum Gasteiger partial charge on any atom is -0.497 e. The van der Waals surface area contributed by atoms with Gasteiger partial charge in [0.25, 0.3) is 0 Å². The van der Waals surface area contributed by atoms with Crippen LogP contribution in [0.1, 0.15) is 23.2 Å². The van der Waals surface area contributed by atoms with Crippen molar-refractivity contribution in [1.82, 2.24) is 4.90 Å². The molecule has 1 fully saturated rings. The van der Waals surface area contributed by atoms with Crippen molar-refractivity contribution in [2.75, 3.05) is 38.2 Å². The van der Waals surface area contributed by atoms with Crippen LogP contribution in [0.2, 0.25) is 5.02 Å². The van der Waals surface area contributed by atoms with Crippen LogP contribution in [-0.4, -0.2) is 49.9 Å². The quantitative estimate of drug-likeness (QED) is 0.711. The average molecular weight is 387 g/mol. The number of ether oxygens (including phenoxy) is 1. The van der Waals surface area contributed by atoms with Gasteiger partial charge in [0.15, 0.2) is 5.78 Å². The van der Waals surface area contributed by atoms with Crippen LogP contribution in [0.5, 0.6) is 5.75 Å². The molecular weight excluding hydrogens is 364 g/mol. The number of hydrogen-bond donors (Lipinski definition) is 0. The number of methoxy groups -OCH3 is 1. The van der Waals surface area contributed by atoms with Crippen molar-refractivity contribution in [2.45, 2.75) is 12.8 Å². The molecule has 1 aliphatic rings. The van der Waals surface area contributed by atoms with E-state index >= 15 is 0 Å². The lowest BCUT2D eigenvalue weighted by atomic mass is 10.1. The van der Waals surface area contributed by atoms with Crippen molar-refractivity contribution < 1.29 is 14.3 Å². The Balaban J connectivity index is 1.48. The monoisotopic (exact) mass is 386 g/mol. The summed E-state index contributed by atoms with van der Waals surface area (Å²) in [6, 6.07) is 14.7. The number of carbonyl (C=O) groups is 2. The predicted molar refractivity (Wildman–Crippen MR) is 107 cm³/mol. The molecule has 3 rings (SSSR count). The summed E-state index contributed by atoms with van der Waals surface area (Å²) >= 11 is 5.84. The van der Waals surface area contributed by atoms with E-state index in [0.29, 0.717) is 23.7 Å². The molecule has 5 nitrogen and oxygen atoms in total. The standard InChI is InChI=1S/C21H23ClN2O3/c1-27-19-4-2-3-18(15-19)23-11-13-24(14-12-23)21(26)10-9-20(25)16-5-7-17(22)8-6-16/h2-8,15H,9-14H2,1H3. The van der Waals surface area contributed by atoms with Gasteiger partial charge in [-0.15, -0.1) is 0 Å². The Morgan fingerprint density at radius 1 is 1.00 bits per heavy atom. The largest absolute Gasteiger partial charge is 0.497 e. The summed E-state index contributed by atoms with van der Waals surface area (Å²) in [4.78, 5) is 28.7. The van der Waals surface area contributed by atoms with E-state index in [9.17, 15) is 9.59 Å². The fourth-order valence-corrected chi connectivity index (χ4v) is 3.31. The van der Waals surface area contributed by atoms with Gasteiger partial charge >= 0.3 is 0 Å². The number of amides is 1. The molecule has 0 unspecified atom stereocenters. The number of benzene rings is 2. The smallest absolute Gasteiger partial charge is 0.223 e. The van der Waals surface area contributed by atoms with E-state index in [1.807, 2.05) is 29.2 Å². The first-order valence-corrected chi connectivity index (χ1v) is 9.40. The lowest BCUT2D eigenvalue weighted by Gasteiger charge is -2.36. The highest BCUT2D eigenvalue weighted by molar-refractivity contribution is 6.30. The highest BCUT2D eigenvalue weighted by Gasteiger charge is 2.22. The van der Waals surface area contributed by atoms with Gasteiger partial charge < -0.3 is 14.5 Å². The van der Waals surface area contributed by atoms with Crippen LogP contribution in [0.25, 0.3) is 0 Å². The van der Waals surface area contributed by atoms with Crippen LogP contribution in [-0.2, 0) is 4.79 Å². The zero-order valence-electron chi connectivity index (χ0n) is 15.4. The molecule has 0 N–H and O–H groups in total. The Hall–Kier alpha value is -2.53. The highest BCUT2D eigenvalue weighted by Crippen LogP contribution is 2.22. The SMILES string of the molecule is COc1cccc(N2CCN(C(=O)CCC(=O)c3ccc(Cl)cc3)CC2)c1. The number of rotatable bonds is 6. The summed E-state index contributed by atoms with van der Waals surface area (Å²) in [6.45, 7) is 2.85. The topological polar surface area (TPSA) is 49.9 Å². The van der Waals surface area contributed by atoms with Gasteiger partial charge in [-0.2, -0.15) is 0 Å². The first kappa shape index (κ1) is 19.2. The number of ketones is 1. The number of hydrogen-bond acceptors (Lipinski definition) is 4. The number of carbonyl (C=O) groups excluding carboxylic acids is 2. The third-order valence-corrected chi connectivity index (χ3v) is 5.03. The summed E-state index contributed by atoms with van der Waals surface area (Å²) in [7, 11) is 1.65.